The summed E-state index contributed by atoms with van der Waals surface area (Å²) in [4.78, 5) is 30.3. The minimum atomic E-state index is -4.16. The molecule has 0 bridgehead atoms. The van der Waals surface area contributed by atoms with Gasteiger partial charge in [-0.05, 0) is 67.3 Å². The summed E-state index contributed by atoms with van der Waals surface area (Å²) in [5, 5.41) is 3.68. The predicted molar refractivity (Wildman–Crippen MR) is 183 cm³/mol. The first-order chi connectivity index (χ1) is 22.2. The molecule has 0 saturated heterocycles. The predicted octanol–water partition coefficient (Wildman–Crippen LogP) is 6.93. The highest BCUT2D eigenvalue weighted by Crippen LogP contribution is 2.27. The van der Waals surface area contributed by atoms with Gasteiger partial charge in [-0.1, -0.05) is 109 Å². The van der Waals surface area contributed by atoms with E-state index in [0.29, 0.717) is 10.7 Å². The van der Waals surface area contributed by atoms with Gasteiger partial charge in [0.1, 0.15) is 12.6 Å². The Morgan fingerprint density at radius 2 is 1.41 bits per heavy atom. The molecule has 0 radical (unpaired) electrons. The van der Waals surface area contributed by atoms with Gasteiger partial charge >= 0.3 is 0 Å². The number of nitrogens with one attached hydrogen (secondary N) is 1. The number of sulfonamides is 1. The van der Waals surface area contributed by atoms with E-state index < -0.39 is 28.5 Å². The van der Waals surface area contributed by atoms with Crippen molar-refractivity contribution >= 4 is 39.1 Å². The lowest BCUT2D eigenvalue weighted by molar-refractivity contribution is -0.140. The molecule has 1 atom stereocenters. The Balaban J connectivity index is 1.55. The van der Waals surface area contributed by atoms with Crippen molar-refractivity contribution in [2.24, 2.45) is 0 Å². The molecule has 1 fully saturated rings. The zero-order valence-corrected chi connectivity index (χ0v) is 27.6. The van der Waals surface area contributed by atoms with Crippen LogP contribution in [0.1, 0.15) is 48.8 Å². The lowest BCUT2D eigenvalue weighted by atomic mass is 9.94. The van der Waals surface area contributed by atoms with Crippen molar-refractivity contribution in [1.29, 1.82) is 0 Å². The standard InChI is InChI=1S/C37H40ClN3O4S/c1-28-17-19-30(20-18-28)26-40(35(25-29-11-5-2-6-12-29)37(43)39-32-13-7-3-8-14-32)36(42)27-41(33-23-21-31(38)22-24-33)46(44,45)34-15-9-4-10-16-34/h2,4-6,9-12,15-24,32,35H,3,7-8,13-14,25-27H2,1H3,(H,39,43)/t35-/m0/s1. The molecule has 46 heavy (non-hydrogen) atoms. The van der Waals surface area contributed by atoms with E-state index in [4.69, 9.17) is 11.6 Å². The maximum absolute atomic E-state index is 14.6. The Bertz CT molecular complexity index is 1690. The number of halogens is 1. The number of benzene rings is 4. The lowest BCUT2D eigenvalue weighted by Gasteiger charge is -2.35. The molecule has 1 aliphatic carbocycles. The Labute approximate surface area is 277 Å². The van der Waals surface area contributed by atoms with Gasteiger partial charge in [-0.2, -0.15) is 0 Å². The van der Waals surface area contributed by atoms with Gasteiger partial charge in [0.15, 0.2) is 0 Å². The van der Waals surface area contributed by atoms with Crippen molar-refractivity contribution in [3.63, 3.8) is 0 Å². The molecule has 240 valence electrons. The number of hydrogen-bond donors (Lipinski definition) is 1. The molecule has 4 aromatic carbocycles. The quantitative estimate of drug-likeness (QED) is 0.179. The van der Waals surface area contributed by atoms with Crippen LogP contribution in [-0.4, -0.2) is 43.8 Å². The topological polar surface area (TPSA) is 86.8 Å². The van der Waals surface area contributed by atoms with Crippen molar-refractivity contribution < 1.29 is 18.0 Å². The minimum absolute atomic E-state index is 0.0416. The van der Waals surface area contributed by atoms with E-state index in [2.05, 4.69) is 5.32 Å². The van der Waals surface area contributed by atoms with Crippen LogP contribution in [0.15, 0.2) is 114 Å². The van der Waals surface area contributed by atoms with Gasteiger partial charge < -0.3 is 10.2 Å². The smallest absolute Gasteiger partial charge is 0.264 e. The Hall–Kier alpha value is -4.14. The van der Waals surface area contributed by atoms with Gasteiger partial charge in [0.05, 0.1) is 10.6 Å². The normalized spacial score (nSPS) is 14.3. The molecule has 0 aliphatic heterocycles. The van der Waals surface area contributed by atoms with Crippen molar-refractivity contribution in [3.05, 3.63) is 131 Å². The van der Waals surface area contributed by atoms with E-state index in [0.717, 1.165) is 53.1 Å². The molecule has 4 aromatic rings. The number of carbonyl (C=O) groups excluding carboxylic acids is 2. The second kappa shape index (κ2) is 15.4. The van der Waals surface area contributed by atoms with E-state index >= 15 is 0 Å². The summed E-state index contributed by atoms with van der Waals surface area (Å²) in [7, 11) is -4.16. The molecule has 0 spiro atoms. The second-order valence-corrected chi connectivity index (χ2v) is 14.2. The van der Waals surface area contributed by atoms with Crippen molar-refractivity contribution in [2.75, 3.05) is 10.8 Å². The minimum Gasteiger partial charge on any atom is -0.352 e. The van der Waals surface area contributed by atoms with Crippen LogP contribution in [-0.2, 0) is 32.6 Å². The van der Waals surface area contributed by atoms with E-state index in [9.17, 15) is 18.0 Å². The highest BCUT2D eigenvalue weighted by atomic mass is 35.5. The van der Waals surface area contributed by atoms with E-state index in [1.54, 1.807) is 47.4 Å². The fourth-order valence-electron chi connectivity index (χ4n) is 5.84. The van der Waals surface area contributed by atoms with Crippen molar-refractivity contribution in [2.45, 2.75) is 69.0 Å². The third kappa shape index (κ3) is 8.56. The molecule has 1 N–H and O–H groups in total. The summed E-state index contributed by atoms with van der Waals surface area (Å²) in [5.41, 5.74) is 3.11. The first kappa shape index (κ1) is 33.2. The summed E-state index contributed by atoms with van der Waals surface area (Å²) in [6.45, 7) is 1.61. The van der Waals surface area contributed by atoms with Crippen LogP contribution in [0.4, 0.5) is 5.69 Å². The van der Waals surface area contributed by atoms with Crippen LogP contribution < -0.4 is 9.62 Å². The highest BCUT2D eigenvalue weighted by Gasteiger charge is 2.35. The molecule has 7 nitrogen and oxygen atoms in total. The summed E-state index contributed by atoms with van der Waals surface area (Å²) >= 11 is 6.15. The molecular weight excluding hydrogens is 618 g/mol. The van der Waals surface area contributed by atoms with E-state index in [1.165, 1.54) is 12.1 Å². The van der Waals surface area contributed by atoms with E-state index in [1.807, 2.05) is 61.5 Å². The van der Waals surface area contributed by atoms with Crippen LogP contribution in [0.25, 0.3) is 0 Å². The number of rotatable bonds is 12. The third-order valence-corrected chi connectivity index (χ3v) is 10.5. The molecule has 0 aromatic heterocycles. The van der Waals surface area contributed by atoms with Gasteiger partial charge in [0.2, 0.25) is 11.8 Å². The number of aryl methyl sites for hydroxylation is 1. The van der Waals surface area contributed by atoms with Gasteiger partial charge in [0, 0.05) is 24.0 Å². The zero-order valence-electron chi connectivity index (χ0n) is 26.0. The summed E-state index contributed by atoms with van der Waals surface area (Å²) in [5.74, 6) is -0.727. The highest BCUT2D eigenvalue weighted by molar-refractivity contribution is 7.92. The maximum atomic E-state index is 14.6. The number of anilines is 1. The number of nitrogens with zero attached hydrogens (tertiary/aromatic N) is 2. The molecular formula is C37H40ClN3O4S. The molecule has 9 heteroatoms. The SMILES string of the molecule is Cc1ccc(CN(C(=O)CN(c2ccc(Cl)cc2)S(=O)(=O)c2ccccc2)[C@@H](Cc2ccccc2)C(=O)NC2CCCCC2)cc1. The Morgan fingerprint density at radius 1 is 0.804 bits per heavy atom. The van der Waals surface area contributed by atoms with Crippen LogP contribution >= 0.6 is 11.6 Å². The fraction of sp³-hybridized carbons (Fsp3) is 0.297. The zero-order chi connectivity index (χ0) is 32.5. The first-order valence-electron chi connectivity index (χ1n) is 15.7. The number of carbonyl (C=O) groups is 2. The number of hydrogen-bond acceptors (Lipinski definition) is 4. The fourth-order valence-corrected chi connectivity index (χ4v) is 7.41. The largest absolute Gasteiger partial charge is 0.352 e. The monoisotopic (exact) mass is 657 g/mol. The van der Waals surface area contributed by atoms with Crippen LogP contribution in [0.5, 0.6) is 0 Å². The third-order valence-electron chi connectivity index (χ3n) is 8.42. The van der Waals surface area contributed by atoms with Crippen molar-refractivity contribution in [3.8, 4) is 0 Å². The average molecular weight is 658 g/mol. The molecule has 5 rings (SSSR count). The second-order valence-electron chi connectivity index (χ2n) is 11.9. The summed E-state index contributed by atoms with van der Waals surface area (Å²) in [6, 6.07) is 31.0. The molecule has 1 aliphatic rings. The molecule has 0 heterocycles. The first-order valence-corrected chi connectivity index (χ1v) is 17.6. The van der Waals surface area contributed by atoms with Crippen LogP contribution in [0.3, 0.4) is 0 Å². The average Bonchev–Trinajstić information content (AvgIpc) is 3.07. The Kier molecular flexibility index (Phi) is 11.1. The summed E-state index contributed by atoms with van der Waals surface area (Å²) < 4.78 is 29.2. The Morgan fingerprint density at radius 3 is 2.04 bits per heavy atom. The van der Waals surface area contributed by atoms with Crippen LogP contribution in [0.2, 0.25) is 5.02 Å². The van der Waals surface area contributed by atoms with Gasteiger partial charge in [-0.25, -0.2) is 8.42 Å². The van der Waals surface area contributed by atoms with Gasteiger partial charge in [-0.15, -0.1) is 0 Å². The molecule has 2 amide bonds. The van der Waals surface area contributed by atoms with Crippen LogP contribution in [0, 0.1) is 6.92 Å². The van der Waals surface area contributed by atoms with Gasteiger partial charge in [-0.3, -0.25) is 13.9 Å². The summed E-state index contributed by atoms with van der Waals surface area (Å²) in [6.07, 6.45) is 5.32. The van der Waals surface area contributed by atoms with Crippen molar-refractivity contribution in [1.82, 2.24) is 10.2 Å². The lowest BCUT2D eigenvalue weighted by Crippen LogP contribution is -2.55. The molecule has 0 unspecified atom stereocenters. The molecule has 1 saturated carbocycles. The van der Waals surface area contributed by atoms with E-state index in [-0.39, 0.29) is 29.8 Å². The number of amides is 2. The maximum Gasteiger partial charge on any atom is 0.264 e. The van der Waals surface area contributed by atoms with Gasteiger partial charge in [0.25, 0.3) is 10.0 Å².